The molecular weight excluding hydrogens is 562 g/mol. The summed E-state index contributed by atoms with van der Waals surface area (Å²) in [5.41, 5.74) is 4.08. The van der Waals surface area contributed by atoms with Gasteiger partial charge in [0.2, 0.25) is 0 Å². The molecule has 0 radical (unpaired) electrons. The minimum Gasteiger partial charge on any atom is -0.467 e. The summed E-state index contributed by atoms with van der Waals surface area (Å²) in [6.45, 7) is 1.73. The van der Waals surface area contributed by atoms with Gasteiger partial charge in [0.15, 0.2) is 6.29 Å². The van der Waals surface area contributed by atoms with E-state index in [4.69, 9.17) is 14.2 Å². The Labute approximate surface area is 257 Å². The Morgan fingerprint density at radius 1 is 0.955 bits per heavy atom. The molecule has 5 atom stereocenters. The summed E-state index contributed by atoms with van der Waals surface area (Å²) in [4.78, 5) is 27.4. The normalized spacial score (nSPS) is 22.7. The van der Waals surface area contributed by atoms with Crippen molar-refractivity contribution >= 4 is 17.7 Å². The molecule has 3 aromatic rings. The van der Waals surface area contributed by atoms with E-state index >= 15 is 0 Å². The Morgan fingerprint density at radius 3 is 2.36 bits per heavy atom. The van der Waals surface area contributed by atoms with Crippen LogP contribution in [0.1, 0.15) is 53.9 Å². The average Bonchev–Trinajstić information content (AvgIpc) is 3.51. The first-order valence-electron chi connectivity index (χ1n) is 15.1. The number of amides is 2. The number of nitrogens with zero attached hydrogens (tertiary/aromatic N) is 1. The fourth-order valence-electron chi connectivity index (χ4n) is 5.87. The number of urea groups is 1. The van der Waals surface area contributed by atoms with Crippen molar-refractivity contribution < 1.29 is 34.0 Å². The van der Waals surface area contributed by atoms with Crippen molar-refractivity contribution in [1.29, 1.82) is 0 Å². The lowest BCUT2D eigenvalue weighted by Crippen LogP contribution is -2.45. The molecule has 0 aromatic heterocycles. The fourth-order valence-corrected chi connectivity index (χ4v) is 5.87. The molecule has 2 heterocycles. The molecule has 10 heteroatoms. The third-order valence-corrected chi connectivity index (χ3v) is 8.28. The van der Waals surface area contributed by atoms with E-state index in [2.05, 4.69) is 15.5 Å². The zero-order valence-electron chi connectivity index (χ0n) is 24.9. The molecule has 44 heavy (non-hydrogen) atoms. The van der Waals surface area contributed by atoms with E-state index in [1.165, 1.54) is 7.11 Å². The molecule has 2 amide bonds. The number of benzene rings is 3. The molecule has 0 aliphatic carbocycles. The van der Waals surface area contributed by atoms with Gasteiger partial charge in [-0.1, -0.05) is 66.7 Å². The first-order valence-corrected chi connectivity index (χ1v) is 15.1. The summed E-state index contributed by atoms with van der Waals surface area (Å²) in [5, 5.41) is 24.8. The lowest BCUT2D eigenvalue weighted by molar-refractivity contribution is -0.253. The second-order valence-corrected chi connectivity index (χ2v) is 11.3. The van der Waals surface area contributed by atoms with Crippen LogP contribution in [-0.2, 0) is 32.0 Å². The fraction of sp³-hybridized carbons (Fsp3) is 0.412. The summed E-state index contributed by atoms with van der Waals surface area (Å²) in [6, 6.07) is 23.2. The number of anilines is 1. The number of methoxy groups -OCH3 is 1. The highest BCUT2D eigenvalue weighted by Crippen LogP contribution is 2.39. The Morgan fingerprint density at radius 2 is 1.68 bits per heavy atom. The van der Waals surface area contributed by atoms with E-state index in [-0.39, 0.29) is 31.5 Å². The van der Waals surface area contributed by atoms with Crippen LogP contribution in [0.5, 0.6) is 0 Å². The van der Waals surface area contributed by atoms with Gasteiger partial charge in [0.25, 0.3) is 0 Å². The third kappa shape index (κ3) is 8.22. The largest absolute Gasteiger partial charge is 0.467 e. The highest BCUT2D eigenvalue weighted by atomic mass is 16.7. The van der Waals surface area contributed by atoms with Crippen molar-refractivity contribution in [1.82, 2.24) is 10.2 Å². The van der Waals surface area contributed by atoms with Crippen LogP contribution in [0.15, 0.2) is 78.9 Å². The predicted molar refractivity (Wildman–Crippen MR) is 165 cm³/mol. The maximum absolute atomic E-state index is 12.8. The van der Waals surface area contributed by atoms with Crippen LogP contribution in [0.2, 0.25) is 0 Å². The number of aliphatic hydroxyl groups is 2. The van der Waals surface area contributed by atoms with Crippen LogP contribution in [0.25, 0.3) is 0 Å². The number of hydrogen-bond donors (Lipinski definition) is 4. The lowest BCUT2D eigenvalue weighted by atomic mass is 9.99. The standard InChI is InChI=1S/C34H41N3O7/c1-42-32(40)30(18-23-6-3-2-4-7-23)36-34(41)35-27-15-13-26(14-16-27)33-43-29(20-37-17-5-8-28(37)22-39)19-31(44-33)25-11-9-24(21-38)10-12-25/h2-4,6-7,9-16,28-31,33,38-39H,5,8,17-22H2,1H3,(H2,35,36,41)/t28-,29+,30-,31-,33-/m0/s1. The summed E-state index contributed by atoms with van der Waals surface area (Å²) < 4.78 is 17.8. The number of aliphatic hydroxyl groups excluding tert-OH is 2. The van der Waals surface area contributed by atoms with Crippen LogP contribution in [0, 0.1) is 0 Å². The van der Waals surface area contributed by atoms with Gasteiger partial charge in [-0.2, -0.15) is 0 Å². The van der Waals surface area contributed by atoms with Gasteiger partial charge in [-0.25, -0.2) is 9.59 Å². The Kier molecular flexibility index (Phi) is 11.0. The van der Waals surface area contributed by atoms with Crippen LogP contribution in [0.4, 0.5) is 10.5 Å². The summed E-state index contributed by atoms with van der Waals surface area (Å²) in [5.74, 6) is -0.528. The third-order valence-electron chi connectivity index (χ3n) is 8.28. The molecule has 2 aliphatic heterocycles. The van der Waals surface area contributed by atoms with E-state index in [1.54, 1.807) is 12.1 Å². The molecule has 0 bridgehead atoms. The summed E-state index contributed by atoms with van der Waals surface area (Å²) >= 11 is 0. The van der Waals surface area contributed by atoms with Gasteiger partial charge in [-0.15, -0.1) is 0 Å². The number of ether oxygens (including phenoxy) is 3. The van der Waals surface area contributed by atoms with E-state index in [0.29, 0.717) is 25.1 Å². The maximum atomic E-state index is 12.8. The van der Waals surface area contributed by atoms with E-state index in [9.17, 15) is 19.8 Å². The van der Waals surface area contributed by atoms with E-state index in [1.807, 2.05) is 66.7 Å². The molecule has 0 unspecified atom stereocenters. The first kappa shape index (κ1) is 31.6. The average molecular weight is 604 g/mol. The van der Waals surface area contributed by atoms with E-state index in [0.717, 1.165) is 41.6 Å². The number of rotatable bonds is 11. The molecule has 0 saturated carbocycles. The van der Waals surface area contributed by atoms with Crippen LogP contribution < -0.4 is 10.6 Å². The number of hydrogen-bond acceptors (Lipinski definition) is 8. The molecule has 2 fully saturated rings. The molecule has 2 saturated heterocycles. The smallest absolute Gasteiger partial charge is 0.328 e. The van der Waals surface area contributed by atoms with Crippen LogP contribution >= 0.6 is 0 Å². The minimum atomic E-state index is -0.841. The van der Waals surface area contributed by atoms with Crippen molar-refractivity contribution in [3.63, 3.8) is 0 Å². The van der Waals surface area contributed by atoms with E-state index < -0.39 is 24.3 Å². The molecule has 4 N–H and O–H groups in total. The highest BCUT2D eigenvalue weighted by molar-refractivity contribution is 5.92. The van der Waals surface area contributed by atoms with Gasteiger partial charge in [-0.3, -0.25) is 4.90 Å². The number of carbonyl (C=O) groups is 2. The number of nitrogens with one attached hydrogen (secondary N) is 2. The zero-order chi connectivity index (χ0) is 30.9. The quantitative estimate of drug-likeness (QED) is 0.241. The Balaban J connectivity index is 1.26. The van der Waals surface area contributed by atoms with Crippen LogP contribution in [-0.4, -0.2) is 72.1 Å². The number of likely N-dealkylation sites (tertiary alicyclic amines) is 1. The topological polar surface area (TPSA) is 130 Å². The van der Waals surface area contributed by atoms with Gasteiger partial charge in [-0.05, 0) is 48.2 Å². The van der Waals surface area contributed by atoms with Crippen molar-refractivity contribution in [2.45, 2.75) is 62.9 Å². The van der Waals surface area contributed by atoms with Gasteiger partial charge >= 0.3 is 12.0 Å². The second-order valence-electron chi connectivity index (χ2n) is 11.3. The van der Waals surface area contributed by atoms with Gasteiger partial charge < -0.3 is 35.1 Å². The van der Waals surface area contributed by atoms with Crippen molar-refractivity contribution in [2.24, 2.45) is 0 Å². The Hall–Kier alpha value is -3.80. The first-order chi connectivity index (χ1) is 21.4. The number of carbonyl (C=O) groups excluding carboxylic acids is 2. The molecule has 0 spiro atoms. The SMILES string of the molecule is COC(=O)[C@H](Cc1ccccc1)NC(=O)Nc1ccc([C@H]2O[C@@H](CN3CCC[C@H]3CO)C[C@@H](c3ccc(CO)cc3)O2)cc1. The zero-order valence-corrected chi connectivity index (χ0v) is 24.9. The number of esters is 1. The van der Waals surface area contributed by atoms with Crippen LogP contribution in [0.3, 0.4) is 0 Å². The van der Waals surface area contributed by atoms with Crippen molar-refractivity contribution in [2.75, 3.05) is 32.1 Å². The molecule has 10 nitrogen and oxygen atoms in total. The molecule has 5 rings (SSSR count). The molecular formula is C34H41N3O7. The molecule has 2 aliphatic rings. The van der Waals surface area contributed by atoms with Crippen molar-refractivity contribution in [3.05, 3.63) is 101 Å². The van der Waals surface area contributed by atoms with Gasteiger partial charge in [0.05, 0.1) is 32.5 Å². The minimum absolute atomic E-state index is 0.0214. The monoisotopic (exact) mass is 603 g/mol. The molecule has 3 aromatic carbocycles. The van der Waals surface area contributed by atoms with Gasteiger partial charge in [0, 0.05) is 36.7 Å². The maximum Gasteiger partial charge on any atom is 0.328 e. The van der Waals surface area contributed by atoms with Gasteiger partial charge in [0.1, 0.15) is 6.04 Å². The predicted octanol–water partition coefficient (Wildman–Crippen LogP) is 4.09. The molecule has 234 valence electrons. The Bertz CT molecular complexity index is 1350. The highest BCUT2D eigenvalue weighted by Gasteiger charge is 2.35. The second kappa shape index (κ2) is 15.3. The lowest BCUT2D eigenvalue weighted by Gasteiger charge is -2.38. The summed E-state index contributed by atoms with van der Waals surface area (Å²) in [7, 11) is 1.30. The summed E-state index contributed by atoms with van der Waals surface area (Å²) in [6.07, 6.45) is 2.02. The van der Waals surface area contributed by atoms with Crippen molar-refractivity contribution in [3.8, 4) is 0 Å².